The van der Waals surface area contributed by atoms with Gasteiger partial charge in [-0.25, -0.2) is 14.5 Å². The second-order valence-corrected chi connectivity index (χ2v) is 10.5. The zero-order valence-electron chi connectivity index (χ0n) is 23.3. The molecule has 0 saturated carbocycles. The van der Waals surface area contributed by atoms with Crippen molar-refractivity contribution in [3.05, 3.63) is 100.0 Å². The zero-order valence-corrected chi connectivity index (χ0v) is 23.3. The van der Waals surface area contributed by atoms with Crippen LogP contribution in [-0.4, -0.2) is 55.1 Å². The lowest BCUT2D eigenvalue weighted by Gasteiger charge is -2.25. The first kappa shape index (κ1) is 26.4. The van der Waals surface area contributed by atoms with Crippen LogP contribution in [0, 0.1) is 24.7 Å². The van der Waals surface area contributed by atoms with E-state index in [1.165, 1.54) is 0 Å². The van der Waals surface area contributed by atoms with E-state index in [1.807, 2.05) is 55.5 Å². The molecule has 9 nitrogen and oxygen atoms in total. The fraction of sp³-hybridized carbons (Fsp3) is 0.281. The minimum absolute atomic E-state index is 0.223. The third kappa shape index (κ3) is 5.10. The molecule has 1 aliphatic rings. The number of hydrogen-bond donors (Lipinski definition) is 1. The van der Waals surface area contributed by atoms with Gasteiger partial charge in [0.2, 0.25) is 0 Å². The SMILES string of the molecule is Cc1nn2cccnc2c1C(=O)N[C@H](C)c1nc2cccc(C#CC3CCN(C)CC3)c2c(=O)n1-c1ccccc1. The molecule has 1 N–H and O–H groups in total. The number of nitrogens with one attached hydrogen (secondary N) is 1. The number of para-hydroxylation sites is 1. The van der Waals surface area contributed by atoms with E-state index in [0.717, 1.165) is 25.9 Å². The summed E-state index contributed by atoms with van der Waals surface area (Å²) in [5.41, 5.74) is 3.07. The van der Waals surface area contributed by atoms with E-state index in [1.54, 1.807) is 34.5 Å². The van der Waals surface area contributed by atoms with Gasteiger partial charge in [-0.1, -0.05) is 36.1 Å². The van der Waals surface area contributed by atoms with E-state index in [4.69, 9.17) is 4.98 Å². The van der Waals surface area contributed by atoms with Crippen molar-refractivity contribution >= 4 is 22.5 Å². The van der Waals surface area contributed by atoms with Gasteiger partial charge in [0, 0.05) is 23.9 Å². The first-order valence-electron chi connectivity index (χ1n) is 13.8. The Morgan fingerprint density at radius 2 is 1.85 bits per heavy atom. The Morgan fingerprint density at radius 3 is 2.63 bits per heavy atom. The third-order valence-electron chi connectivity index (χ3n) is 7.60. The maximum atomic E-state index is 14.2. The largest absolute Gasteiger partial charge is 0.342 e. The highest BCUT2D eigenvalue weighted by Crippen LogP contribution is 2.22. The average molecular weight is 546 g/mol. The lowest BCUT2D eigenvalue weighted by molar-refractivity contribution is 0.0938. The number of benzene rings is 2. The first-order valence-corrected chi connectivity index (χ1v) is 13.8. The fourth-order valence-electron chi connectivity index (χ4n) is 5.40. The summed E-state index contributed by atoms with van der Waals surface area (Å²) in [7, 11) is 2.13. The van der Waals surface area contributed by atoms with Crippen LogP contribution in [0.2, 0.25) is 0 Å². The highest BCUT2D eigenvalue weighted by atomic mass is 16.2. The summed E-state index contributed by atoms with van der Waals surface area (Å²) in [4.78, 5) is 39.3. The summed E-state index contributed by atoms with van der Waals surface area (Å²) in [6.07, 6.45) is 5.41. The number of fused-ring (bicyclic) bond motifs is 2. The summed E-state index contributed by atoms with van der Waals surface area (Å²) < 4.78 is 3.16. The molecule has 0 bridgehead atoms. The Balaban J connectivity index is 1.43. The van der Waals surface area contributed by atoms with Crippen LogP contribution in [0.1, 0.15) is 53.2 Å². The second-order valence-electron chi connectivity index (χ2n) is 10.5. The van der Waals surface area contributed by atoms with E-state index in [9.17, 15) is 9.59 Å². The van der Waals surface area contributed by atoms with Gasteiger partial charge in [-0.3, -0.25) is 14.2 Å². The fourth-order valence-corrected chi connectivity index (χ4v) is 5.40. The Hall–Kier alpha value is -4.81. The average Bonchev–Trinajstić information content (AvgIpc) is 3.32. The van der Waals surface area contributed by atoms with Crippen LogP contribution >= 0.6 is 0 Å². The number of aromatic nitrogens is 5. The number of rotatable bonds is 4. The Kier molecular flexibility index (Phi) is 7.08. The van der Waals surface area contributed by atoms with Gasteiger partial charge in [-0.15, -0.1) is 0 Å². The van der Waals surface area contributed by atoms with Crippen LogP contribution in [0.15, 0.2) is 71.8 Å². The number of nitrogens with zero attached hydrogens (tertiary/aromatic N) is 6. The molecule has 3 aromatic heterocycles. The number of likely N-dealkylation sites (tertiary alicyclic amines) is 1. The first-order chi connectivity index (χ1) is 19.9. The third-order valence-corrected chi connectivity index (χ3v) is 7.60. The van der Waals surface area contributed by atoms with Gasteiger partial charge in [0.05, 0.1) is 28.3 Å². The van der Waals surface area contributed by atoms with Gasteiger partial charge in [-0.05, 0) is 77.2 Å². The van der Waals surface area contributed by atoms with Crippen LogP contribution < -0.4 is 10.9 Å². The highest BCUT2D eigenvalue weighted by molar-refractivity contribution is 6.01. The lowest BCUT2D eigenvalue weighted by atomic mass is 9.97. The number of carbonyl (C=O) groups is 1. The molecule has 206 valence electrons. The normalized spacial score (nSPS) is 15.0. The number of hydrogen-bond acceptors (Lipinski definition) is 6. The van der Waals surface area contributed by atoms with Gasteiger partial charge in [-0.2, -0.15) is 5.10 Å². The van der Waals surface area contributed by atoms with E-state index in [-0.39, 0.29) is 11.5 Å². The Labute approximate surface area is 237 Å². The monoisotopic (exact) mass is 545 g/mol. The summed E-state index contributed by atoms with van der Waals surface area (Å²) in [5.74, 6) is 7.11. The Bertz CT molecular complexity index is 1870. The molecule has 9 heteroatoms. The Morgan fingerprint density at radius 1 is 1.07 bits per heavy atom. The summed E-state index contributed by atoms with van der Waals surface area (Å²) in [5, 5.41) is 7.91. The molecule has 0 radical (unpaired) electrons. The van der Waals surface area contributed by atoms with Gasteiger partial charge in [0.1, 0.15) is 11.4 Å². The van der Waals surface area contributed by atoms with E-state index in [2.05, 4.69) is 39.2 Å². The van der Waals surface area contributed by atoms with Gasteiger partial charge >= 0.3 is 0 Å². The molecule has 6 rings (SSSR count). The molecule has 4 heterocycles. The number of amides is 1. The van der Waals surface area contributed by atoms with Crippen LogP contribution in [0.4, 0.5) is 0 Å². The van der Waals surface area contributed by atoms with Crippen molar-refractivity contribution in [3.8, 4) is 17.5 Å². The highest BCUT2D eigenvalue weighted by Gasteiger charge is 2.24. The van der Waals surface area contributed by atoms with Crippen molar-refractivity contribution in [2.45, 2.75) is 32.7 Å². The summed E-state index contributed by atoms with van der Waals surface area (Å²) >= 11 is 0. The maximum Gasteiger partial charge on any atom is 0.267 e. The molecule has 1 fully saturated rings. The maximum absolute atomic E-state index is 14.2. The number of piperidine rings is 1. The molecule has 0 spiro atoms. The molecule has 0 unspecified atom stereocenters. The van der Waals surface area contributed by atoms with Crippen LogP contribution in [0.5, 0.6) is 0 Å². The van der Waals surface area contributed by atoms with Gasteiger partial charge in [0.15, 0.2) is 5.65 Å². The molecule has 0 aliphatic carbocycles. The molecule has 41 heavy (non-hydrogen) atoms. The minimum atomic E-state index is -0.605. The van der Waals surface area contributed by atoms with E-state index in [0.29, 0.717) is 50.8 Å². The molecular formula is C32H31N7O2. The predicted molar refractivity (Wildman–Crippen MR) is 158 cm³/mol. The van der Waals surface area contributed by atoms with Crippen LogP contribution in [0.3, 0.4) is 0 Å². The molecule has 1 aliphatic heterocycles. The van der Waals surface area contributed by atoms with Crippen molar-refractivity contribution in [1.82, 2.24) is 34.4 Å². The minimum Gasteiger partial charge on any atom is -0.342 e. The topological polar surface area (TPSA) is 97.4 Å². The second kappa shape index (κ2) is 11.0. The molecule has 2 aromatic carbocycles. The summed E-state index contributed by atoms with van der Waals surface area (Å²) in [6, 6.07) is 16.1. The van der Waals surface area contributed by atoms with Crippen LogP contribution in [-0.2, 0) is 0 Å². The molecule has 1 amide bonds. The smallest absolute Gasteiger partial charge is 0.267 e. The standard InChI is InChI=1S/C32H31N7O2/c1-21-27(30-33-17-8-18-38(30)36-21)31(40)34-22(2)29-35-26-12-7-9-24(14-13-23-15-19-37(3)20-16-23)28(26)32(41)39(29)25-10-5-4-6-11-25/h4-12,17-18,22-23H,15-16,19-20H2,1-3H3,(H,34,40)/t22-/m1/s1. The molecular weight excluding hydrogens is 514 g/mol. The lowest BCUT2D eigenvalue weighted by Crippen LogP contribution is -2.33. The molecule has 5 aromatic rings. The zero-order chi connectivity index (χ0) is 28.5. The van der Waals surface area contributed by atoms with Crippen molar-refractivity contribution in [2.75, 3.05) is 20.1 Å². The van der Waals surface area contributed by atoms with E-state index < -0.39 is 6.04 Å². The van der Waals surface area contributed by atoms with Crippen molar-refractivity contribution in [2.24, 2.45) is 5.92 Å². The summed E-state index contributed by atoms with van der Waals surface area (Å²) in [6.45, 7) is 5.64. The van der Waals surface area contributed by atoms with E-state index >= 15 is 0 Å². The van der Waals surface area contributed by atoms with Crippen molar-refractivity contribution in [1.29, 1.82) is 0 Å². The quantitative estimate of drug-likeness (QED) is 0.344. The molecule has 1 atom stereocenters. The van der Waals surface area contributed by atoms with Crippen molar-refractivity contribution in [3.63, 3.8) is 0 Å². The predicted octanol–water partition coefficient (Wildman–Crippen LogP) is 3.92. The van der Waals surface area contributed by atoms with Gasteiger partial charge in [0.25, 0.3) is 11.5 Å². The molecule has 1 saturated heterocycles. The van der Waals surface area contributed by atoms with Crippen LogP contribution in [0.25, 0.3) is 22.2 Å². The number of carbonyl (C=O) groups excluding carboxylic acids is 1. The number of aryl methyl sites for hydroxylation is 1. The van der Waals surface area contributed by atoms with Gasteiger partial charge < -0.3 is 10.2 Å². The van der Waals surface area contributed by atoms with Crippen molar-refractivity contribution < 1.29 is 4.79 Å².